The standard InChI is InChI=1S/C22H23N3/c1-13-6-16(4)20(17(5)7-13)25-21-18(8-14(2)11-23-21)10-19-9-15(3)12-24-22(19)25/h6-9,11-12H,10H2,1-5H3. The second kappa shape index (κ2) is 5.69. The third kappa shape index (κ3) is 2.60. The largest absolute Gasteiger partial charge is 0.278 e. The lowest BCUT2D eigenvalue weighted by Gasteiger charge is -2.33. The quantitative estimate of drug-likeness (QED) is 0.468. The van der Waals surface area contributed by atoms with Crippen LogP contribution in [0.15, 0.2) is 36.7 Å². The summed E-state index contributed by atoms with van der Waals surface area (Å²) < 4.78 is 0. The van der Waals surface area contributed by atoms with Gasteiger partial charge in [0.2, 0.25) is 0 Å². The van der Waals surface area contributed by atoms with E-state index < -0.39 is 0 Å². The molecular formula is C22H23N3. The normalized spacial score (nSPS) is 12.8. The van der Waals surface area contributed by atoms with Crippen LogP contribution in [0.4, 0.5) is 17.3 Å². The molecule has 25 heavy (non-hydrogen) atoms. The minimum absolute atomic E-state index is 0.883. The molecule has 0 fully saturated rings. The van der Waals surface area contributed by atoms with Crippen molar-refractivity contribution in [3.8, 4) is 0 Å². The minimum atomic E-state index is 0.883. The predicted octanol–water partition coefficient (Wildman–Crippen LogP) is 5.39. The van der Waals surface area contributed by atoms with E-state index in [1.54, 1.807) is 0 Å². The van der Waals surface area contributed by atoms with Crippen LogP contribution in [0.3, 0.4) is 0 Å². The highest BCUT2D eigenvalue weighted by atomic mass is 15.3. The summed E-state index contributed by atoms with van der Waals surface area (Å²) in [6, 6.07) is 8.97. The van der Waals surface area contributed by atoms with Gasteiger partial charge in [-0.05, 0) is 56.9 Å². The fourth-order valence-corrected chi connectivity index (χ4v) is 3.95. The predicted molar refractivity (Wildman–Crippen MR) is 103 cm³/mol. The van der Waals surface area contributed by atoms with Crippen molar-refractivity contribution in [1.82, 2.24) is 9.97 Å². The Hall–Kier alpha value is -2.68. The molecule has 0 saturated heterocycles. The Morgan fingerprint density at radius 2 is 1.16 bits per heavy atom. The molecule has 0 spiro atoms. The topological polar surface area (TPSA) is 29.0 Å². The molecule has 0 bridgehead atoms. The van der Waals surface area contributed by atoms with Gasteiger partial charge >= 0.3 is 0 Å². The molecule has 0 saturated carbocycles. The maximum Gasteiger partial charge on any atom is 0.142 e. The van der Waals surface area contributed by atoms with Gasteiger partial charge in [0, 0.05) is 29.9 Å². The highest BCUT2D eigenvalue weighted by Crippen LogP contribution is 2.44. The maximum atomic E-state index is 4.79. The number of hydrogen-bond acceptors (Lipinski definition) is 3. The lowest BCUT2D eigenvalue weighted by atomic mass is 9.96. The highest BCUT2D eigenvalue weighted by molar-refractivity contribution is 5.82. The van der Waals surface area contributed by atoms with E-state index in [4.69, 9.17) is 9.97 Å². The summed E-state index contributed by atoms with van der Waals surface area (Å²) in [4.78, 5) is 11.8. The number of hydrogen-bond donors (Lipinski definition) is 0. The molecule has 2 aromatic heterocycles. The van der Waals surface area contributed by atoms with Crippen LogP contribution in [-0.4, -0.2) is 9.97 Å². The van der Waals surface area contributed by atoms with Crippen LogP contribution in [0, 0.1) is 34.6 Å². The summed E-state index contributed by atoms with van der Waals surface area (Å²) >= 11 is 0. The third-order valence-electron chi connectivity index (χ3n) is 4.82. The monoisotopic (exact) mass is 329 g/mol. The second-order valence-electron chi connectivity index (χ2n) is 7.25. The zero-order valence-electron chi connectivity index (χ0n) is 15.5. The number of rotatable bonds is 1. The van der Waals surface area contributed by atoms with Crippen molar-refractivity contribution in [3.63, 3.8) is 0 Å². The Balaban J connectivity index is 2.03. The van der Waals surface area contributed by atoms with Crippen LogP contribution < -0.4 is 4.90 Å². The van der Waals surface area contributed by atoms with E-state index in [0.717, 1.165) is 18.1 Å². The van der Waals surface area contributed by atoms with Crippen LogP contribution in [0.1, 0.15) is 38.9 Å². The first-order chi connectivity index (χ1) is 11.9. The van der Waals surface area contributed by atoms with Gasteiger partial charge in [-0.15, -0.1) is 0 Å². The van der Waals surface area contributed by atoms with Crippen molar-refractivity contribution in [2.75, 3.05) is 4.90 Å². The van der Waals surface area contributed by atoms with Gasteiger partial charge < -0.3 is 0 Å². The molecule has 3 aromatic rings. The van der Waals surface area contributed by atoms with E-state index in [1.807, 2.05) is 12.4 Å². The lowest BCUT2D eigenvalue weighted by molar-refractivity contribution is 0.979. The van der Waals surface area contributed by atoms with Gasteiger partial charge in [-0.2, -0.15) is 0 Å². The second-order valence-corrected chi connectivity index (χ2v) is 7.25. The molecule has 3 heteroatoms. The number of fused-ring (bicyclic) bond motifs is 2. The van der Waals surface area contributed by atoms with Gasteiger partial charge in [0.05, 0.1) is 5.69 Å². The van der Waals surface area contributed by atoms with Gasteiger partial charge in [0.1, 0.15) is 11.6 Å². The van der Waals surface area contributed by atoms with Crippen molar-refractivity contribution in [2.45, 2.75) is 41.0 Å². The van der Waals surface area contributed by atoms with E-state index in [2.05, 4.69) is 63.8 Å². The zero-order valence-corrected chi connectivity index (χ0v) is 15.5. The highest BCUT2D eigenvalue weighted by Gasteiger charge is 2.28. The molecule has 0 radical (unpaired) electrons. The van der Waals surface area contributed by atoms with Crippen LogP contribution in [-0.2, 0) is 6.42 Å². The maximum absolute atomic E-state index is 4.79. The summed E-state index contributed by atoms with van der Waals surface area (Å²) in [6.07, 6.45) is 4.78. The van der Waals surface area contributed by atoms with E-state index in [0.29, 0.717) is 0 Å². The van der Waals surface area contributed by atoms with Gasteiger partial charge in [-0.3, -0.25) is 4.90 Å². The Labute approximate surface area is 149 Å². The molecule has 0 N–H and O–H groups in total. The minimum Gasteiger partial charge on any atom is -0.278 e. The molecule has 126 valence electrons. The molecule has 1 aliphatic heterocycles. The zero-order chi connectivity index (χ0) is 17.7. The van der Waals surface area contributed by atoms with Crippen molar-refractivity contribution in [1.29, 1.82) is 0 Å². The van der Waals surface area contributed by atoms with Crippen LogP contribution in [0.5, 0.6) is 0 Å². The van der Waals surface area contributed by atoms with E-state index >= 15 is 0 Å². The molecule has 0 aliphatic carbocycles. The first kappa shape index (κ1) is 15.8. The molecule has 0 unspecified atom stereocenters. The fraction of sp³-hybridized carbons (Fsp3) is 0.273. The molecule has 0 amide bonds. The first-order valence-corrected chi connectivity index (χ1v) is 8.73. The van der Waals surface area contributed by atoms with E-state index in [9.17, 15) is 0 Å². The fourth-order valence-electron chi connectivity index (χ4n) is 3.95. The van der Waals surface area contributed by atoms with E-state index in [-0.39, 0.29) is 0 Å². The Kier molecular flexibility index (Phi) is 3.60. The summed E-state index contributed by atoms with van der Waals surface area (Å²) in [5.74, 6) is 2.01. The van der Waals surface area contributed by atoms with E-state index in [1.165, 1.54) is 44.6 Å². The molecule has 1 aliphatic rings. The van der Waals surface area contributed by atoms with Gasteiger partial charge in [0.25, 0.3) is 0 Å². The molecule has 3 heterocycles. The van der Waals surface area contributed by atoms with Gasteiger partial charge in [-0.1, -0.05) is 29.8 Å². The number of aryl methyl sites for hydroxylation is 5. The summed E-state index contributed by atoms with van der Waals surface area (Å²) in [5.41, 5.74) is 9.89. The first-order valence-electron chi connectivity index (χ1n) is 8.73. The Morgan fingerprint density at radius 1 is 0.680 bits per heavy atom. The summed E-state index contributed by atoms with van der Waals surface area (Å²) in [7, 11) is 0. The summed E-state index contributed by atoms with van der Waals surface area (Å²) in [5, 5.41) is 0. The van der Waals surface area contributed by atoms with Crippen molar-refractivity contribution >= 4 is 17.3 Å². The van der Waals surface area contributed by atoms with Crippen LogP contribution >= 0.6 is 0 Å². The number of nitrogens with zero attached hydrogens (tertiary/aromatic N) is 3. The van der Waals surface area contributed by atoms with Crippen LogP contribution in [0.2, 0.25) is 0 Å². The average Bonchev–Trinajstić information content (AvgIpc) is 2.52. The SMILES string of the molecule is Cc1cc(C)c(N2c3ncc(C)cc3Cc3cc(C)cnc32)c(C)c1. The average molecular weight is 329 g/mol. The van der Waals surface area contributed by atoms with Crippen molar-refractivity contribution in [2.24, 2.45) is 0 Å². The number of aromatic nitrogens is 2. The smallest absolute Gasteiger partial charge is 0.142 e. The Morgan fingerprint density at radius 3 is 1.64 bits per heavy atom. The molecule has 0 atom stereocenters. The molecular weight excluding hydrogens is 306 g/mol. The number of benzene rings is 1. The van der Waals surface area contributed by atoms with Crippen molar-refractivity contribution in [3.05, 3.63) is 75.6 Å². The molecule has 1 aromatic carbocycles. The lowest BCUT2D eigenvalue weighted by Crippen LogP contribution is -2.23. The third-order valence-corrected chi connectivity index (χ3v) is 4.82. The van der Waals surface area contributed by atoms with Gasteiger partial charge in [0.15, 0.2) is 0 Å². The molecule has 4 rings (SSSR count). The Bertz CT molecular complexity index is 914. The number of pyridine rings is 2. The van der Waals surface area contributed by atoms with Gasteiger partial charge in [-0.25, -0.2) is 9.97 Å². The summed E-state index contributed by atoms with van der Waals surface area (Å²) in [6.45, 7) is 10.7. The van der Waals surface area contributed by atoms with Crippen LogP contribution in [0.25, 0.3) is 0 Å². The number of anilines is 3. The van der Waals surface area contributed by atoms with Crippen molar-refractivity contribution < 1.29 is 0 Å². The molecule has 3 nitrogen and oxygen atoms in total.